The van der Waals surface area contributed by atoms with Gasteiger partial charge in [-0.3, -0.25) is 0 Å². The van der Waals surface area contributed by atoms with Crippen molar-refractivity contribution >= 4 is 37.5 Å². The van der Waals surface area contributed by atoms with Crippen molar-refractivity contribution in [1.82, 2.24) is 0 Å². The van der Waals surface area contributed by atoms with Gasteiger partial charge in [-0.05, 0) is 70.5 Å². The third kappa shape index (κ3) is 3.54. The molecule has 3 aromatic rings. The number of benzene rings is 2. The van der Waals surface area contributed by atoms with E-state index >= 15 is 0 Å². The standard InChI is InChI=1S/C17H13Br2NO2/c18-11-1-7-15(16(19)9-11)17-8-6-14(22-17)10-20-12-2-4-13(21)5-3-12/h1-9,20-21H,10H2. The Morgan fingerprint density at radius 2 is 1.73 bits per heavy atom. The molecule has 0 bridgehead atoms. The molecule has 1 heterocycles. The van der Waals surface area contributed by atoms with Gasteiger partial charge in [0.15, 0.2) is 0 Å². The molecule has 22 heavy (non-hydrogen) atoms. The van der Waals surface area contributed by atoms with Crippen LogP contribution in [0, 0.1) is 0 Å². The number of hydrogen-bond acceptors (Lipinski definition) is 3. The van der Waals surface area contributed by atoms with Gasteiger partial charge < -0.3 is 14.8 Å². The SMILES string of the molecule is Oc1ccc(NCc2ccc(-c3ccc(Br)cc3Br)o2)cc1. The Labute approximate surface area is 145 Å². The molecule has 0 aliphatic carbocycles. The monoisotopic (exact) mass is 421 g/mol. The molecule has 3 nitrogen and oxygen atoms in total. The third-order valence-electron chi connectivity index (χ3n) is 3.19. The van der Waals surface area contributed by atoms with Gasteiger partial charge in [-0.15, -0.1) is 0 Å². The predicted octanol–water partition coefficient (Wildman–Crippen LogP) is 5.79. The van der Waals surface area contributed by atoms with Crippen molar-refractivity contribution in [3.05, 3.63) is 69.3 Å². The van der Waals surface area contributed by atoms with E-state index in [0.717, 1.165) is 31.7 Å². The zero-order valence-electron chi connectivity index (χ0n) is 11.5. The maximum absolute atomic E-state index is 9.26. The van der Waals surface area contributed by atoms with Crippen molar-refractivity contribution < 1.29 is 9.52 Å². The molecule has 0 saturated heterocycles. The van der Waals surface area contributed by atoms with E-state index in [1.54, 1.807) is 12.1 Å². The summed E-state index contributed by atoms with van der Waals surface area (Å²) in [5.74, 6) is 1.92. The number of aromatic hydroxyl groups is 1. The van der Waals surface area contributed by atoms with Crippen LogP contribution >= 0.6 is 31.9 Å². The Hall–Kier alpha value is -1.72. The molecule has 2 N–H and O–H groups in total. The first-order valence-electron chi connectivity index (χ1n) is 6.69. The van der Waals surface area contributed by atoms with Crippen LogP contribution in [0.1, 0.15) is 5.76 Å². The molecule has 0 unspecified atom stereocenters. The molecule has 112 valence electrons. The fourth-order valence-corrected chi connectivity index (χ4v) is 3.32. The van der Waals surface area contributed by atoms with Gasteiger partial charge in [-0.25, -0.2) is 0 Å². The lowest BCUT2D eigenvalue weighted by atomic mass is 10.2. The highest BCUT2D eigenvalue weighted by Crippen LogP contribution is 2.32. The van der Waals surface area contributed by atoms with Crippen LogP contribution in [0.4, 0.5) is 5.69 Å². The second-order valence-corrected chi connectivity index (χ2v) is 6.56. The van der Waals surface area contributed by atoms with E-state index < -0.39 is 0 Å². The average Bonchev–Trinajstić information content (AvgIpc) is 2.95. The average molecular weight is 423 g/mol. The van der Waals surface area contributed by atoms with E-state index in [0.29, 0.717) is 6.54 Å². The Morgan fingerprint density at radius 3 is 2.45 bits per heavy atom. The van der Waals surface area contributed by atoms with Crippen molar-refractivity contribution in [3.63, 3.8) is 0 Å². The van der Waals surface area contributed by atoms with E-state index in [1.807, 2.05) is 42.5 Å². The summed E-state index contributed by atoms with van der Waals surface area (Å²) in [6.07, 6.45) is 0. The number of phenolic OH excluding ortho intramolecular Hbond substituents is 1. The molecule has 1 aromatic heterocycles. The minimum atomic E-state index is 0.255. The molecule has 0 amide bonds. The Balaban J connectivity index is 1.72. The lowest BCUT2D eigenvalue weighted by Gasteiger charge is -2.05. The normalized spacial score (nSPS) is 10.6. The summed E-state index contributed by atoms with van der Waals surface area (Å²) < 4.78 is 7.88. The van der Waals surface area contributed by atoms with E-state index in [1.165, 1.54) is 0 Å². The summed E-state index contributed by atoms with van der Waals surface area (Å²) in [6.45, 7) is 0.582. The molecule has 0 radical (unpaired) electrons. The van der Waals surface area contributed by atoms with Gasteiger partial charge in [-0.1, -0.05) is 15.9 Å². The smallest absolute Gasteiger partial charge is 0.135 e. The van der Waals surface area contributed by atoms with Gasteiger partial charge in [0.25, 0.3) is 0 Å². The second kappa shape index (κ2) is 6.58. The van der Waals surface area contributed by atoms with Crippen LogP contribution in [-0.2, 0) is 6.54 Å². The molecule has 0 saturated carbocycles. The highest BCUT2D eigenvalue weighted by molar-refractivity contribution is 9.11. The van der Waals surface area contributed by atoms with Crippen LogP contribution in [0.25, 0.3) is 11.3 Å². The van der Waals surface area contributed by atoms with E-state index in [4.69, 9.17) is 4.42 Å². The summed E-state index contributed by atoms with van der Waals surface area (Å²) in [5, 5.41) is 12.5. The maximum atomic E-state index is 9.26. The van der Waals surface area contributed by atoms with Crippen molar-refractivity contribution in [2.45, 2.75) is 6.54 Å². The first kappa shape index (κ1) is 15.2. The number of phenols is 1. The summed E-state index contributed by atoms with van der Waals surface area (Å²) in [4.78, 5) is 0. The minimum absolute atomic E-state index is 0.255. The molecular formula is C17H13Br2NO2. The first-order chi connectivity index (χ1) is 10.6. The van der Waals surface area contributed by atoms with Crippen molar-refractivity contribution in [3.8, 4) is 17.1 Å². The number of rotatable bonds is 4. The van der Waals surface area contributed by atoms with Gasteiger partial charge >= 0.3 is 0 Å². The second-order valence-electron chi connectivity index (χ2n) is 4.79. The Bertz CT molecular complexity index is 782. The number of furan rings is 1. The van der Waals surface area contributed by atoms with Gasteiger partial charge in [0, 0.05) is 20.2 Å². The number of halogens is 2. The zero-order chi connectivity index (χ0) is 15.5. The molecule has 0 spiro atoms. The summed E-state index contributed by atoms with van der Waals surface area (Å²) >= 11 is 6.99. The fraction of sp³-hybridized carbons (Fsp3) is 0.0588. The molecule has 0 atom stereocenters. The Morgan fingerprint density at radius 1 is 0.955 bits per heavy atom. The fourth-order valence-electron chi connectivity index (χ4n) is 2.08. The minimum Gasteiger partial charge on any atom is -0.508 e. The third-order valence-corrected chi connectivity index (χ3v) is 4.34. The molecule has 0 aliphatic heterocycles. The molecule has 0 fully saturated rings. The highest BCUT2D eigenvalue weighted by Gasteiger charge is 2.08. The van der Waals surface area contributed by atoms with Crippen LogP contribution in [0.2, 0.25) is 0 Å². The van der Waals surface area contributed by atoms with Crippen LogP contribution in [0.3, 0.4) is 0 Å². The van der Waals surface area contributed by atoms with Crippen molar-refractivity contribution in [1.29, 1.82) is 0 Å². The number of hydrogen-bond donors (Lipinski definition) is 2. The molecule has 3 rings (SSSR count). The maximum Gasteiger partial charge on any atom is 0.135 e. The van der Waals surface area contributed by atoms with Gasteiger partial charge in [-0.2, -0.15) is 0 Å². The van der Waals surface area contributed by atoms with Crippen molar-refractivity contribution in [2.75, 3.05) is 5.32 Å². The number of nitrogens with one attached hydrogen (secondary N) is 1. The summed E-state index contributed by atoms with van der Waals surface area (Å²) in [6, 6.07) is 16.8. The van der Waals surface area contributed by atoms with Gasteiger partial charge in [0.05, 0.1) is 6.54 Å². The molecule has 0 aliphatic rings. The van der Waals surface area contributed by atoms with Gasteiger partial charge in [0.1, 0.15) is 17.3 Å². The molecule has 5 heteroatoms. The van der Waals surface area contributed by atoms with Gasteiger partial charge in [0.2, 0.25) is 0 Å². The topological polar surface area (TPSA) is 45.4 Å². The zero-order valence-corrected chi connectivity index (χ0v) is 14.7. The predicted molar refractivity (Wildman–Crippen MR) is 95.0 cm³/mol. The first-order valence-corrected chi connectivity index (χ1v) is 8.27. The van der Waals surface area contributed by atoms with Crippen molar-refractivity contribution in [2.24, 2.45) is 0 Å². The van der Waals surface area contributed by atoms with Crippen LogP contribution in [0.15, 0.2) is 68.0 Å². The lowest BCUT2D eigenvalue weighted by molar-refractivity contribution is 0.475. The summed E-state index contributed by atoms with van der Waals surface area (Å²) in [7, 11) is 0. The van der Waals surface area contributed by atoms with Crippen LogP contribution in [0.5, 0.6) is 5.75 Å². The van der Waals surface area contributed by atoms with E-state index in [2.05, 4.69) is 37.2 Å². The largest absolute Gasteiger partial charge is 0.508 e. The number of anilines is 1. The summed E-state index contributed by atoms with van der Waals surface area (Å²) in [5.41, 5.74) is 1.94. The Kier molecular flexibility index (Phi) is 4.55. The van der Waals surface area contributed by atoms with Crippen LogP contribution < -0.4 is 5.32 Å². The molecule has 2 aromatic carbocycles. The highest BCUT2D eigenvalue weighted by atomic mass is 79.9. The lowest BCUT2D eigenvalue weighted by Crippen LogP contribution is -1.97. The van der Waals surface area contributed by atoms with Crippen LogP contribution in [-0.4, -0.2) is 5.11 Å². The quantitative estimate of drug-likeness (QED) is 0.523. The van der Waals surface area contributed by atoms with E-state index in [-0.39, 0.29) is 5.75 Å². The van der Waals surface area contributed by atoms with E-state index in [9.17, 15) is 5.11 Å². The molecular weight excluding hydrogens is 410 g/mol.